The van der Waals surface area contributed by atoms with Crippen LogP contribution in [-0.4, -0.2) is 96.7 Å². The van der Waals surface area contributed by atoms with Gasteiger partial charge in [-0.3, -0.25) is 37.3 Å². The molecule has 0 amide bonds. The van der Waals surface area contributed by atoms with Crippen LogP contribution < -0.4 is 0 Å². The van der Waals surface area contributed by atoms with Gasteiger partial charge in [-0.05, 0) is 141 Å². The lowest BCUT2D eigenvalue weighted by Crippen LogP contribution is -2.30. The number of hydrogen-bond acceptors (Lipinski definition) is 15. The van der Waals surface area contributed by atoms with E-state index in [1.54, 1.807) is 0 Å². The van der Waals surface area contributed by atoms with E-state index in [9.17, 15) is 43.2 Å². The SMILES string of the molecule is CCC/C=C\C/C=C\CCCCCCCC(=O)OC(COC(=O)CCCCCCC/C=C\CCCCCCCC)COP(=O)(O)OCC(O)COP(=O)(O)OCC(COC(=O)CCCCCCCC/C=C\C/C=C\C/C=C\CCCCC)OC(=O)CCCCCCC/C=C\C/C=C\CCC. The highest BCUT2D eigenvalue weighted by molar-refractivity contribution is 7.47. The lowest BCUT2D eigenvalue weighted by molar-refractivity contribution is -0.161. The van der Waals surface area contributed by atoms with Crippen LogP contribution in [0.1, 0.15) is 336 Å². The molecule has 0 fully saturated rings. The minimum absolute atomic E-state index is 0.0752. The predicted octanol–water partition coefficient (Wildman–Crippen LogP) is 22.8. The molecule has 0 bridgehead atoms. The molecule has 578 valence electrons. The molecule has 17 nitrogen and oxygen atoms in total. The summed E-state index contributed by atoms with van der Waals surface area (Å²) in [6.07, 6.45) is 76.7. The van der Waals surface area contributed by atoms with Crippen molar-refractivity contribution in [1.29, 1.82) is 0 Å². The van der Waals surface area contributed by atoms with Crippen molar-refractivity contribution in [3.05, 3.63) is 97.2 Å². The van der Waals surface area contributed by atoms with Crippen molar-refractivity contribution in [3.8, 4) is 0 Å². The Morgan fingerprint density at radius 1 is 0.280 bits per heavy atom. The van der Waals surface area contributed by atoms with E-state index in [0.717, 1.165) is 199 Å². The first-order valence-corrected chi connectivity index (χ1v) is 42.5. The topological polar surface area (TPSA) is 237 Å². The minimum Gasteiger partial charge on any atom is -0.462 e. The van der Waals surface area contributed by atoms with Gasteiger partial charge in [0.1, 0.15) is 19.3 Å². The van der Waals surface area contributed by atoms with Gasteiger partial charge in [-0.1, -0.05) is 266 Å². The van der Waals surface area contributed by atoms with Crippen LogP contribution in [0.4, 0.5) is 0 Å². The summed E-state index contributed by atoms with van der Waals surface area (Å²) in [5, 5.41) is 10.6. The molecule has 5 atom stereocenters. The number of aliphatic hydroxyl groups is 1. The third-order valence-electron chi connectivity index (χ3n) is 16.5. The van der Waals surface area contributed by atoms with Gasteiger partial charge in [-0.2, -0.15) is 0 Å². The molecule has 5 unspecified atom stereocenters. The first-order chi connectivity index (χ1) is 48.7. The molecule has 0 spiro atoms. The Hall–Kier alpha value is -4.02. The summed E-state index contributed by atoms with van der Waals surface area (Å²) in [4.78, 5) is 72.9. The van der Waals surface area contributed by atoms with E-state index in [1.165, 1.54) is 57.8 Å². The van der Waals surface area contributed by atoms with Gasteiger partial charge in [0.25, 0.3) is 0 Å². The van der Waals surface area contributed by atoms with Gasteiger partial charge in [0.05, 0.1) is 26.4 Å². The van der Waals surface area contributed by atoms with Gasteiger partial charge in [0.15, 0.2) is 12.2 Å². The van der Waals surface area contributed by atoms with E-state index in [1.807, 2.05) is 0 Å². The van der Waals surface area contributed by atoms with Crippen LogP contribution >= 0.6 is 15.6 Å². The van der Waals surface area contributed by atoms with Gasteiger partial charge in [-0.15, -0.1) is 0 Å². The standard InChI is InChI=1S/C81H142O17P2/c1-5-9-13-17-21-25-29-33-35-36-37-38-40-44-46-50-54-58-62-66-79(84)92-72-77(98-81(86)68-64-60-56-52-48-42-32-28-24-20-16-12-8-4)74-96-100(89,90)94-70-75(82)69-93-99(87,88)95-73-76(97-80(85)67-63-59-55-51-47-41-31-27-23-19-15-11-7-3)71-91-78(83)65-61-57-53-49-45-43-39-34-30-26-22-18-14-10-6-2/h15-16,19-21,25,27-28,31-35,37-39,75-77,82H,5-14,17-18,22-24,26,29-30,36,40-74H2,1-4H3,(H,87,88)(H,89,90)/b19-15-,20-16-,25-21-,31-27-,32-28-,35-33-,38-37-,39-34-. The molecule has 0 aromatic carbocycles. The van der Waals surface area contributed by atoms with E-state index >= 15 is 0 Å². The first kappa shape index (κ1) is 96.0. The van der Waals surface area contributed by atoms with Crippen LogP contribution in [0.25, 0.3) is 0 Å². The summed E-state index contributed by atoms with van der Waals surface area (Å²) >= 11 is 0. The fraction of sp³-hybridized carbons (Fsp3) is 0.753. The second-order valence-electron chi connectivity index (χ2n) is 26.3. The first-order valence-electron chi connectivity index (χ1n) is 39.5. The summed E-state index contributed by atoms with van der Waals surface area (Å²) in [5.41, 5.74) is 0. The molecule has 0 radical (unpaired) electrons. The zero-order valence-electron chi connectivity index (χ0n) is 63.1. The smallest absolute Gasteiger partial charge is 0.462 e. The molecular weight excluding hydrogens is 1310 g/mol. The van der Waals surface area contributed by atoms with Crippen LogP contribution in [-0.2, 0) is 65.4 Å². The Bertz CT molecular complexity index is 2270. The molecule has 0 rings (SSSR count). The fourth-order valence-electron chi connectivity index (χ4n) is 10.4. The summed E-state index contributed by atoms with van der Waals surface area (Å²) in [5.74, 6) is -2.22. The van der Waals surface area contributed by atoms with Crippen molar-refractivity contribution in [2.24, 2.45) is 0 Å². The maximum atomic E-state index is 13.1. The number of esters is 4. The minimum atomic E-state index is -4.98. The lowest BCUT2D eigenvalue weighted by Gasteiger charge is -2.21. The Labute approximate surface area is 607 Å². The van der Waals surface area contributed by atoms with Crippen LogP contribution in [0.3, 0.4) is 0 Å². The maximum Gasteiger partial charge on any atom is 0.472 e. The van der Waals surface area contributed by atoms with E-state index in [-0.39, 0.29) is 25.7 Å². The normalized spacial score (nSPS) is 14.4. The Morgan fingerprint density at radius 3 is 0.820 bits per heavy atom. The zero-order valence-corrected chi connectivity index (χ0v) is 64.9. The highest BCUT2D eigenvalue weighted by Gasteiger charge is 2.30. The number of phosphoric ester groups is 2. The number of carbonyl (C=O) groups is 4. The molecule has 0 aliphatic carbocycles. The summed E-state index contributed by atoms with van der Waals surface area (Å²) in [7, 11) is -9.96. The van der Waals surface area contributed by atoms with E-state index in [2.05, 4.69) is 125 Å². The number of unbranched alkanes of at least 4 members (excludes halogenated alkanes) is 32. The van der Waals surface area contributed by atoms with Crippen molar-refractivity contribution in [2.75, 3.05) is 39.6 Å². The highest BCUT2D eigenvalue weighted by atomic mass is 31.2. The van der Waals surface area contributed by atoms with Gasteiger partial charge in [0.2, 0.25) is 0 Å². The molecular formula is C81H142O17P2. The van der Waals surface area contributed by atoms with Gasteiger partial charge < -0.3 is 33.8 Å². The lowest BCUT2D eigenvalue weighted by atomic mass is 10.1. The summed E-state index contributed by atoms with van der Waals surface area (Å²) in [6.45, 7) is 4.68. The van der Waals surface area contributed by atoms with Crippen LogP contribution in [0.15, 0.2) is 97.2 Å². The molecule has 0 saturated heterocycles. The summed E-state index contributed by atoms with van der Waals surface area (Å²) < 4.78 is 68.5. The molecule has 0 aliphatic heterocycles. The second kappa shape index (κ2) is 73.3. The van der Waals surface area contributed by atoms with Crippen molar-refractivity contribution >= 4 is 39.5 Å². The van der Waals surface area contributed by atoms with E-state index < -0.39 is 97.5 Å². The number of rotatable bonds is 74. The average Bonchev–Trinajstić information content (AvgIpc) is 0.929. The van der Waals surface area contributed by atoms with Crippen molar-refractivity contribution in [1.82, 2.24) is 0 Å². The average molecular weight is 1450 g/mol. The third kappa shape index (κ3) is 72.3. The molecule has 0 aliphatic rings. The number of allylic oxidation sites excluding steroid dienone is 16. The van der Waals surface area contributed by atoms with Crippen molar-refractivity contribution in [3.63, 3.8) is 0 Å². The summed E-state index contributed by atoms with van der Waals surface area (Å²) in [6, 6.07) is 0. The molecule has 0 aromatic rings. The quantitative estimate of drug-likeness (QED) is 0.0169. The largest absolute Gasteiger partial charge is 0.472 e. The molecule has 0 heterocycles. The number of aliphatic hydroxyl groups excluding tert-OH is 1. The van der Waals surface area contributed by atoms with Crippen LogP contribution in [0, 0.1) is 0 Å². The van der Waals surface area contributed by atoms with Gasteiger partial charge in [0, 0.05) is 25.7 Å². The fourth-order valence-corrected chi connectivity index (χ4v) is 12.0. The van der Waals surface area contributed by atoms with Crippen LogP contribution in [0.2, 0.25) is 0 Å². The molecule has 100 heavy (non-hydrogen) atoms. The zero-order chi connectivity index (χ0) is 73.2. The van der Waals surface area contributed by atoms with Gasteiger partial charge in [-0.25, -0.2) is 9.13 Å². The predicted molar refractivity (Wildman–Crippen MR) is 409 cm³/mol. The molecule has 19 heteroatoms. The Morgan fingerprint density at radius 2 is 0.510 bits per heavy atom. The number of hydrogen-bond donors (Lipinski definition) is 3. The second-order valence-corrected chi connectivity index (χ2v) is 29.2. The molecule has 0 aromatic heterocycles. The Kier molecular flexibility index (Phi) is 70.4. The number of phosphoric acid groups is 2. The van der Waals surface area contributed by atoms with Crippen LogP contribution in [0.5, 0.6) is 0 Å². The monoisotopic (exact) mass is 1450 g/mol. The number of carbonyl (C=O) groups excluding carboxylic acids is 4. The van der Waals surface area contributed by atoms with E-state index in [0.29, 0.717) is 25.7 Å². The third-order valence-corrected chi connectivity index (χ3v) is 18.4. The Balaban J connectivity index is 5.34. The van der Waals surface area contributed by atoms with E-state index in [4.69, 9.17) is 37.0 Å². The maximum absolute atomic E-state index is 13.1. The number of ether oxygens (including phenoxy) is 4. The van der Waals surface area contributed by atoms with Crippen molar-refractivity contribution in [2.45, 2.75) is 354 Å². The molecule has 0 saturated carbocycles. The van der Waals surface area contributed by atoms with Gasteiger partial charge >= 0.3 is 39.5 Å². The molecule has 3 N–H and O–H groups in total. The highest BCUT2D eigenvalue weighted by Crippen LogP contribution is 2.45. The van der Waals surface area contributed by atoms with Crippen molar-refractivity contribution < 1.29 is 80.2 Å².